The van der Waals surface area contributed by atoms with E-state index >= 15 is 0 Å². The number of nitrogens with one attached hydrogen (secondary N) is 2. The Hall–Kier alpha value is -4.20. The van der Waals surface area contributed by atoms with E-state index in [0.29, 0.717) is 48.1 Å². The van der Waals surface area contributed by atoms with Crippen molar-refractivity contribution in [3.8, 4) is 23.0 Å². The van der Waals surface area contributed by atoms with E-state index in [-0.39, 0.29) is 18.6 Å². The average Bonchev–Trinajstić information content (AvgIpc) is 3.38. The van der Waals surface area contributed by atoms with Crippen LogP contribution in [0.15, 0.2) is 60.7 Å². The van der Waals surface area contributed by atoms with Gasteiger partial charge in [-0.2, -0.15) is 0 Å². The van der Waals surface area contributed by atoms with Gasteiger partial charge in [0.2, 0.25) is 6.79 Å². The number of hydrogen-bond donors (Lipinski definition) is 2. The van der Waals surface area contributed by atoms with Gasteiger partial charge < -0.3 is 29.6 Å². The molecule has 188 valence electrons. The maximum atomic E-state index is 12.9. The van der Waals surface area contributed by atoms with Crippen molar-refractivity contribution in [3.63, 3.8) is 0 Å². The molecule has 4 rings (SSSR count). The van der Waals surface area contributed by atoms with Crippen molar-refractivity contribution in [1.29, 1.82) is 0 Å². The maximum Gasteiger partial charge on any atom is 0.255 e. The molecule has 0 saturated heterocycles. The Labute approximate surface area is 210 Å². The van der Waals surface area contributed by atoms with Gasteiger partial charge in [-0.3, -0.25) is 9.59 Å². The molecule has 3 aromatic carbocycles. The van der Waals surface area contributed by atoms with E-state index in [9.17, 15) is 9.59 Å². The number of benzene rings is 3. The first-order valence-corrected chi connectivity index (χ1v) is 11.9. The number of para-hydroxylation sites is 1. The van der Waals surface area contributed by atoms with Crippen LogP contribution < -0.4 is 29.6 Å². The van der Waals surface area contributed by atoms with Crippen molar-refractivity contribution in [2.45, 2.75) is 26.3 Å². The number of hydrogen-bond acceptors (Lipinski definition) is 6. The molecule has 0 saturated carbocycles. The highest BCUT2D eigenvalue weighted by Gasteiger charge is 2.17. The number of carbonyl (C=O) groups excluding carboxylic acids is 2. The third-order valence-electron chi connectivity index (χ3n) is 5.78. The van der Waals surface area contributed by atoms with Gasteiger partial charge in [0.25, 0.3) is 11.8 Å². The number of rotatable bonds is 11. The first-order valence-electron chi connectivity index (χ1n) is 11.9. The fraction of sp³-hybridized carbons (Fsp3) is 0.286. The molecule has 1 heterocycles. The van der Waals surface area contributed by atoms with Crippen LogP contribution in [0.25, 0.3) is 0 Å². The zero-order valence-corrected chi connectivity index (χ0v) is 20.5. The summed E-state index contributed by atoms with van der Waals surface area (Å²) in [6.45, 7) is 3.54. The quantitative estimate of drug-likeness (QED) is 0.393. The molecule has 0 atom stereocenters. The van der Waals surface area contributed by atoms with E-state index < -0.39 is 0 Å². The van der Waals surface area contributed by atoms with Crippen molar-refractivity contribution in [2.24, 2.45) is 0 Å². The molecule has 1 aliphatic rings. The van der Waals surface area contributed by atoms with E-state index in [1.54, 1.807) is 18.2 Å². The standard InChI is InChI=1S/C28H30N2O6/c1-3-34-23-9-5-4-7-20(23)8-6-14-29-28(32)22-16-21(11-13-24(22)33-2)27(31)30-17-19-10-12-25-26(15-19)36-18-35-25/h4-5,7,9-13,15-16H,3,6,8,14,17-18H2,1-2H3,(H,29,32)(H,30,31). The Kier molecular flexibility index (Phi) is 8.28. The van der Waals surface area contributed by atoms with E-state index in [0.717, 1.165) is 29.7 Å². The molecule has 2 N–H and O–H groups in total. The summed E-state index contributed by atoms with van der Waals surface area (Å²) in [6, 6.07) is 18.2. The summed E-state index contributed by atoms with van der Waals surface area (Å²) < 4.78 is 21.7. The summed E-state index contributed by atoms with van der Waals surface area (Å²) in [5.41, 5.74) is 2.66. The molecule has 0 spiro atoms. The van der Waals surface area contributed by atoms with Gasteiger partial charge in [-0.05, 0) is 67.3 Å². The summed E-state index contributed by atoms with van der Waals surface area (Å²) in [5.74, 6) is 2.03. The normalized spacial score (nSPS) is 11.6. The molecule has 8 heteroatoms. The fourth-order valence-electron chi connectivity index (χ4n) is 3.94. The van der Waals surface area contributed by atoms with Crippen LogP contribution in [0.4, 0.5) is 0 Å². The van der Waals surface area contributed by atoms with Gasteiger partial charge in [0.1, 0.15) is 11.5 Å². The summed E-state index contributed by atoms with van der Waals surface area (Å²) >= 11 is 0. The Balaban J connectivity index is 1.34. The largest absolute Gasteiger partial charge is 0.496 e. The zero-order valence-electron chi connectivity index (χ0n) is 20.5. The van der Waals surface area contributed by atoms with Crippen molar-refractivity contribution in [3.05, 3.63) is 82.9 Å². The molecular formula is C28H30N2O6. The number of ether oxygens (including phenoxy) is 4. The smallest absolute Gasteiger partial charge is 0.255 e. The van der Waals surface area contributed by atoms with Crippen LogP contribution in [0.3, 0.4) is 0 Å². The minimum atomic E-state index is -0.296. The number of aryl methyl sites for hydroxylation is 1. The van der Waals surface area contributed by atoms with Crippen LogP contribution in [0.5, 0.6) is 23.0 Å². The van der Waals surface area contributed by atoms with E-state index in [1.165, 1.54) is 7.11 Å². The molecule has 0 aromatic heterocycles. The number of carbonyl (C=O) groups is 2. The third-order valence-corrected chi connectivity index (χ3v) is 5.78. The van der Waals surface area contributed by atoms with Crippen LogP contribution in [0, 0.1) is 0 Å². The second-order valence-electron chi connectivity index (χ2n) is 8.19. The molecule has 0 fully saturated rings. The molecule has 0 bridgehead atoms. The van der Waals surface area contributed by atoms with Crippen molar-refractivity contribution in [2.75, 3.05) is 27.1 Å². The molecule has 0 radical (unpaired) electrons. The maximum absolute atomic E-state index is 12.9. The van der Waals surface area contributed by atoms with Crippen molar-refractivity contribution in [1.82, 2.24) is 10.6 Å². The van der Waals surface area contributed by atoms with E-state index in [2.05, 4.69) is 10.6 Å². The summed E-state index contributed by atoms with van der Waals surface area (Å²) in [6.07, 6.45) is 1.52. The Morgan fingerprint density at radius 3 is 2.58 bits per heavy atom. The minimum absolute atomic E-state index is 0.197. The topological polar surface area (TPSA) is 95.1 Å². The molecule has 0 unspecified atom stereocenters. The Morgan fingerprint density at radius 1 is 0.917 bits per heavy atom. The van der Waals surface area contributed by atoms with Gasteiger partial charge >= 0.3 is 0 Å². The van der Waals surface area contributed by atoms with Crippen LogP contribution in [-0.2, 0) is 13.0 Å². The fourth-order valence-corrected chi connectivity index (χ4v) is 3.94. The second-order valence-corrected chi connectivity index (χ2v) is 8.19. The lowest BCUT2D eigenvalue weighted by Crippen LogP contribution is -2.27. The van der Waals surface area contributed by atoms with Gasteiger partial charge in [0.15, 0.2) is 11.5 Å². The summed E-state index contributed by atoms with van der Waals surface area (Å²) in [7, 11) is 1.50. The average molecular weight is 491 g/mol. The Morgan fingerprint density at radius 2 is 1.75 bits per heavy atom. The Bertz CT molecular complexity index is 1230. The molecule has 3 aromatic rings. The lowest BCUT2D eigenvalue weighted by molar-refractivity contribution is 0.0950. The van der Waals surface area contributed by atoms with Crippen LogP contribution in [0.1, 0.15) is 45.2 Å². The summed E-state index contributed by atoms with van der Waals surface area (Å²) in [4.78, 5) is 25.7. The predicted molar refractivity (Wildman–Crippen MR) is 135 cm³/mol. The first-order chi connectivity index (χ1) is 17.6. The summed E-state index contributed by atoms with van der Waals surface area (Å²) in [5, 5.41) is 5.80. The van der Waals surface area contributed by atoms with Crippen molar-refractivity contribution >= 4 is 11.8 Å². The van der Waals surface area contributed by atoms with Gasteiger partial charge in [-0.15, -0.1) is 0 Å². The molecule has 1 aliphatic heterocycles. The monoisotopic (exact) mass is 490 g/mol. The molecular weight excluding hydrogens is 460 g/mol. The lowest BCUT2D eigenvalue weighted by Gasteiger charge is -2.13. The number of methoxy groups -OCH3 is 1. The predicted octanol–water partition coefficient (Wildman–Crippen LogP) is 4.12. The molecule has 0 aliphatic carbocycles. The highest BCUT2D eigenvalue weighted by atomic mass is 16.7. The van der Waals surface area contributed by atoms with Gasteiger partial charge in [0.05, 0.1) is 19.3 Å². The van der Waals surface area contributed by atoms with E-state index in [1.807, 2.05) is 49.4 Å². The number of fused-ring (bicyclic) bond motifs is 1. The first kappa shape index (κ1) is 24.9. The molecule has 8 nitrogen and oxygen atoms in total. The molecule has 36 heavy (non-hydrogen) atoms. The SMILES string of the molecule is CCOc1ccccc1CCCNC(=O)c1cc(C(=O)NCc2ccc3c(c2)OCO3)ccc1OC. The highest BCUT2D eigenvalue weighted by molar-refractivity contribution is 6.01. The third kappa shape index (κ3) is 6.07. The van der Waals surface area contributed by atoms with Crippen LogP contribution >= 0.6 is 0 Å². The lowest BCUT2D eigenvalue weighted by atomic mass is 10.1. The van der Waals surface area contributed by atoms with Gasteiger partial charge in [-0.1, -0.05) is 24.3 Å². The highest BCUT2D eigenvalue weighted by Crippen LogP contribution is 2.32. The van der Waals surface area contributed by atoms with Crippen LogP contribution in [-0.4, -0.2) is 38.9 Å². The zero-order chi connectivity index (χ0) is 25.3. The van der Waals surface area contributed by atoms with Gasteiger partial charge in [-0.25, -0.2) is 0 Å². The minimum Gasteiger partial charge on any atom is -0.496 e. The molecule has 2 amide bonds. The van der Waals surface area contributed by atoms with E-state index in [4.69, 9.17) is 18.9 Å². The number of amides is 2. The van der Waals surface area contributed by atoms with Gasteiger partial charge in [0, 0.05) is 18.7 Å². The van der Waals surface area contributed by atoms with Crippen molar-refractivity contribution < 1.29 is 28.5 Å². The second kappa shape index (κ2) is 12.0. The van der Waals surface area contributed by atoms with Crippen LogP contribution in [0.2, 0.25) is 0 Å².